The predicted molar refractivity (Wildman–Crippen MR) is 127 cm³/mol. The molecule has 1 unspecified atom stereocenters. The van der Waals surface area contributed by atoms with Crippen LogP contribution in [0.4, 0.5) is 10.1 Å². The van der Waals surface area contributed by atoms with Crippen molar-refractivity contribution in [2.24, 2.45) is 11.8 Å². The maximum atomic E-state index is 13.4. The van der Waals surface area contributed by atoms with Crippen molar-refractivity contribution in [3.05, 3.63) is 94.9 Å². The number of hydrogen-bond donors (Lipinski definition) is 2. The van der Waals surface area contributed by atoms with Crippen LogP contribution in [0.5, 0.6) is 0 Å². The highest BCUT2D eigenvalue weighted by Gasteiger charge is 2.38. The number of halogens is 1. The van der Waals surface area contributed by atoms with Gasteiger partial charge in [0.2, 0.25) is 0 Å². The molecule has 2 aliphatic carbocycles. The fraction of sp³-hybridized carbons (Fsp3) is 0.333. The van der Waals surface area contributed by atoms with Gasteiger partial charge >= 0.3 is 0 Å². The number of nitrogens with one attached hydrogen (secondary N) is 2. The summed E-state index contributed by atoms with van der Waals surface area (Å²) in [4.78, 5) is 16.7. The largest absolute Gasteiger partial charge is 0.349 e. The predicted octanol–water partition coefficient (Wildman–Crippen LogP) is 5.27. The zero-order chi connectivity index (χ0) is 22.9. The molecule has 0 saturated carbocycles. The number of benzene rings is 1. The number of nitrogens with zero attached hydrogens (tertiary/aromatic N) is 2. The van der Waals surface area contributed by atoms with E-state index in [0.29, 0.717) is 17.4 Å². The number of carbonyl (C=O) groups excluding carboxylic acids is 1. The average Bonchev–Trinajstić information content (AvgIpc) is 3.44. The van der Waals surface area contributed by atoms with Crippen molar-refractivity contribution in [3.63, 3.8) is 0 Å². The van der Waals surface area contributed by atoms with E-state index >= 15 is 0 Å². The van der Waals surface area contributed by atoms with E-state index in [1.54, 1.807) is 36.7 Å². The van der Waals surface area contributed by atoms with E-state index in [-0.39, 0.29) is 17.8 Å². The van der Waals surface area contributed by atoms with Crippen molar-refractivity contribution in [2.75, 3.05) is 5.01 Å². The minimum absolute atomic E-state index is 0.0343. The van der Waals surface area contributed by atoms with Gasteiger partial charge in [-0.3, -0.25) is 14.8 Å². The molecule has 1 amide bonds. The zero-order valence-corrected chi connectivity index (χ0v) is 19.0. The summed E-state index contributed by atoms with van der Waals surface area (Å²) in [5.74, 6) is 0.491. The van der Waals surface area contributed by atoms with Gasteiger partial charge in [-0.05, 0) is 79.6 Å². The van der Waals surface area contributed by atoms with Crippen LogP contribution < -0.4 is 15.8 Å². The molecule has 6 heteroatoms. The van der Waals surface area contributed by atoms with Gasteiger partial charge in [-0.15, -0.1) is 0 Å². The van der Waals surface area contributed by atoms with E-state index in [0.717, 1.165) is 37.1 Å². The Hall–Kier alpha value is -3.41. The molecule has 0 radical (unpaired) electrons. The van der Waals surface area contributed by atoms with Gasteiger partial charge in [0, 0.05) is 41.7 Å². The van der Waals surface area contributed by atoms with Crippen LogP contribution in [-0.4, -0.2) is 16.9 Å². The smallest absolute Gasteiger partial charge is 0.251 e. The Labute approximate surface area is 194 Å². The molecule has 5 nitrogen and oxygen atoms in total. The first-order valence-corrected chi connectivity index (χ1v) is 11.7. The second-order valence-corrected chi connectivity index (χ2v) is 9.06. The number of aromatic nitrogens is 1. The third-order valence-corrected chi connectivity index (χ3v) is 7.13. The van der Waals surface area contributed by atoms with Gasteiger partial charge in [0.25, 0.3) is 5.91 Å². The molecule has 3 atom stereocenters. The molecule has 33 heavy (non-hydrogen) atoms. The van der Waals surface area contributed by atoms with Crippen LogP contribution in [-0.2, 0) is 0 Å². The van der Waals surface area contributed by atoms with Crippen molar-refractivity contribution < 1.29 is 9.18 Å². The Bertz CT molecular complexity index is 1140. The molecule has 1 aromatic carbocycles. The van der Waals surface area contributed by atoms with E-state index in [2.05, 4.69) is 41.9 Å². The SMILES string of the molecule is CCC(C[C@H]1CCC2=C1[C@@H](C)C1=CNN(c3ccc(F)cc3)C1=C2)NC(=O)c1ccncc1. The number of amides is 1. The van der Waals surface area contributed by atoms with Crippen LogP contribution in [0, 0.1) is 17.7 Å². The molecule has 2 aromatic rings. The van der Waals surface area contributed by atoms with Gasteiger partial charge in [0.05, 0.1) is 11.4 Å². The minimum atomic E-state index is -0.234. The number of pyridine rings is 1. The monoisotopic (exact) mass is 444 g/mol. The number of rotatable bonds is 6. The van der Waals surface area contributed by atoms with Gasteiger partial charge < -0.3 is 10.7 Å². The highest BCUT2D eigenvalue weighted by atomic mass is 19.1. The van der Waals surface area contributed by atoms with Gasteiger partial charge in [0.1, 0.15) is 5.82 Å². The lowest BCUT2D eigenvalue weighted by Gasteiger charge is -2.31. The first kappa shape index (κ1) is 21.4. The lowest BCUT2D eigenvalue weighted by atomic mass is 9.78. The van der Waals surface area contributed by atoms with Crippen LogP contribution in [0.25, 0.3) is 0 Å². The van der Waals surface area contributed by atoms with Gasteiger partial charge in [0.15, 0.2) is 0 Å². The number of hydrazine groups is 1. The Balaban J connectivity index is 1.34. The number of carbonyl (C=O) groups is 1. The second kappa shape index (κ2) is 8.85. The van der Waals surface area contributed by atoms with E-state index in [1.807, 2.05) is 5.01 Å². The van der Waals surface area contributed by atoms with E-state index in [1.165, 1.54) is 28.9 Å². The van der Waals surface area contributed by atoms with E-state index < -0.39 is 0 Å². The normalized spacial score (nSPS) is 22.2. The van der Waals surface area contributed by atoms with Crippen LogP contribution in [0.1, 0.15) is 49.9 Å². The lowest BCUT2D eigenvalue weighted by molar-refractivity contribution is 0.0930. The zero-order valence-electron chi connectivity index (χ0n) is 19.0. The Morgan fingerprint density at radius 1 is 1.24 bits per heavy atom. The number of anilines is 1. The van der Waals surface area contributed by atoms with E-state index in [9.17, 15) is 9.18 Å². The summed E-state index contributed by atoms with van der Waals surface area (Å²) < 4.78 is 13.4. The van der Waals surface area contributed by atoms with Crippen LogP contribution >= 0.6 is 0 Å². The molecule has 0 spiro atoms. The summed E-state index contributed by atoms with van der Waals surface area (Å²) in [6.07, 6.45) is 11.7. The quantitative estimate of drug-likeness (QED) is 0.638. The van der Waals surface area contributed by atoms with Crippen LogP contribution in [0.15, 0.2) is 83.5 Å². The molecule has 170 valence electrons. The Morgan fingerprint density at radius 2 is 2.00 bits per heavy atom. The standard InChI is InChI=1S/C27H29FN4O/c1-3-22(31-27(33)18-10-12-29-13-11-18)14-19-4-5-20-15-25-24(17(2)26(19)20)16-30-32(25)23-8-6-21(28)7-9-23/h6-13,15-17,19,22,30H,3-5,14H2,1-2H3,(H,31,33)/t17-,19+,22?/m0/s1. The molecule has 0 saturated heterocycles. The van der Waals surface area contributed by atoms with Crippen molar-refractivity contribution in [2.45, 2.75) is 45.6 Å². The van der Waals surface area contributed by atoms with Crippen LogP contribution in [0.2, 0.25) is 0 Å². The molecule has 5 rings (SSSR count). The molecule has 1 aliphatic heterocycles. The molecular weight excluding hydrogens is 415 g/mol. The lowest BCUT2D eigenvalue weighted by Crippen LogP contribution is -2.36. The van der Waals surface area contributed by atoms with Crippen molar-refractivity contribution in [1.82, 2.24) is 15.7 Å². The molecule has 2 heterocycles. The minimum Gasteiger partial charge on any atom is -0.349 e. The summed E-state index contributed by atoms with van der Waals surface area (Å²) in [6.45, 7) is 4.41. The van der Waals surface area contributed by atoms with Crippen molar-refractivity contribution in [1.29, 1.82) is 0 Å². The fourth-order valence-electron chi connectivity index (χ4n) is 5.40. The maximum absolute atomic E-state index is 13.4. The number of hydrogen-bond acceptors (Lipinski definition) is 4. The molecule has 0 bridgehead atoms. The summed E-state index contributed by atoms with van der Waals surface area (Å²) in [5, 5.41) is 5.26. The molecule has 2 N–H and O–H groups in total. The highest BCUT2D eigenvalue weighted by Crippen LogP contribution is 2.49. The summed E-state index contributed by atoms with van der Waals surface area (Å²) >= 11 is 0. The highest BCUT2D eigenvalue weighted by molar-refractivity contribution is 5.94. The summed E-state index contributed by atoms with van der Waals surface area (Å²) in [5.41, 5.74) is 10.2. The first-order valence-electron chi connectivity index (χ1n) is 11.7. The Morgan fingerprint density at radius 3 is 2.73 bits per heavy atom. The maximum Gasteiger partial charge on any atom is 0.251 e. The molecule has 3 aliphatic rings. The first-order chi connectivity index (χ1) is 16.0. The third kappa shape index (κ3) is 4.06. The van der Waals surface area contributed by atoms with Gasteiger partial charge in [-0.1, -0.05) is 19.4 Å². The number of fused-ring (bicyclic) bond motifs is 1. The molecular formula is C27H29FN4O. The fourth-order valence-corrected chi connectivity index (χ4v) is 5.40. The second-order valence-electron chi connectivity index (χ2n) is 9.06. The Kier molecular flexibility index (Phi) is 5.75. The van der Waals surface area contributed by atoms with Crippen molar-refractivity contribution >= 4 is 11.6 Å². The molecule has 0 fully saturated rings. The van der Waals surface area contributed by atoms with Crippen LogP contribution in [0.3, 0.4) is 0 Å². The van der Waals surface area contributed by atoms with E-state index in [4.69, 9.17) is 0 Å². The number of allylic oxidation sites excluding steroid dienone is 4. The van der Waals surface area contributed by atoms with Crippen molar-refractivity contribution in [3.8, 4) is 0 Å². The summed E-state index contributed by atoms with van der Waals surface area (Å²) in [7, 11) is 0. The molecule has 1 aromatic heterocycles. The topological polar surface area (TPSA) is 57.3 Å². The third-order valence-electron chi connectivity index (χ3n) is 7.13. The van der Waals surface area contributed by atoms with Gasteiger partial charge in [-0.2, -0.15) is 0 Å². The average molecular weight is 445 g/mol. The summed E-state index contributed by atoms with van der Waals surface area (Å²) in [6, 6.07) is 10.2. The van der Waals surface area contributed by atoms with Gasteiger partial charge in [-0.25, -0.2) is 4.39 Å².